The van der Waals surface area contributed by atoms with Crippen molar-refractivity contribution in [1.29, 1.82) is 0 Å². The largest absolute Gasteiger partial charge is 0.493 e. The van der Waals surface area contributed by atoms with Crippen LogP contribution in [0.5, 0.6) is 46.0 Å². The first kappa shape index (κ1) is 31.2. The molecule has 3 aromatic rings. The van der Waals surface area contributed by atoms with Gasteiger partial charge >= 0.3 is 5.69 Å². The van der Waals surface area contributed by atoms with Gasteiger partial charge in [-0.2, -0.15) is 0 Å². The Bertz CT molecular complexity index is 1580. The molecule has 1 amide bonds. The van der Waals surface area contributed by atoms with Crippen molar-refractivity contribution in [3.63, 3.8) is 0 Å². The average Bonchev–Trinajstić information content (AvgIpc) is 3.47. The second kappa shape index (κ2) is 13.6. The predicted octanol–water partition coefficient (Wildman–Crippen LogP) is 5.98. The van der Waals surface area contributed by atoms with Crippen molar-refractivity contribution in [1.82, 2.24) is 4.90 Å². The fraction of sp³-hybridized carbons (Fsp3) is 0.375. The first-order valence-corrected chi connectivity index (χ1v) is 14.4. The molecule has 45 heavy (non-hydrogen) atoms. The summed E-state index contributed by atoms with van der Waals surface area (Å²) in [6.07, 6.45) is 3.77. The average molecular weight is 622 g/mol. The van der Waals surface area contributed by atoms with Gasteiger partial charge in [0.1, 0.15) is 11.5 Å². The number of ether oxygens (including phenoxy) is 7. The Morgan fingerprint density at radius 2 is 1.67 bits per heavy atom. The molecule has 2 aliphatic rings. The minimum atomic E-state index is -0.546. The fourth-order valence-electron chi connectivity index (χ4n) is 5.29. The summed E-state index contributed by atoms with van der Waals surface area (Å²) in [5.41, 5.74) is 0.737. The van der Waals surface area contributed by atoms with Gasteiger partial charge in [-0.05, 0) is 38.0 Å². The highest BCUT2D eigenvalue weighted by Gasteiger charge is 2.32. The highest BCUT2D eigenvalue weighted by Crippen LogP contribution is 2.44. The van der Waals surface area contributed by atoms with Crippen LogP contribution in [0.4, 0.5) is 11.4 Å². The molecule has 0 bridgehead atoms. The van der Waals surface area contributed by atoms with Crippen LogP contribution in [0.1, 0.15) is 36.5 Å². The molecule has 1 saturated heterocycles. The van der Waals surface area contributed by atoms with Gasteiger partial charge < -0.3 is 38.1 Å². The minimum absolute atomic E-state index is 0.00388. The SMILES string of the molecule is COc1cc2c(cc1OCCC(C)Oc1ccc(Oc3cc(OC)c(OC)c(OC)c3)c([N+](=O)[O-])c1)N=C[C@@H]1CCCN1C2=O. The summed E-state index contributed by atoms with van der Waals surface area (Å²) in [6.45, 7) is 2.80. The molecular weight excluding hydrogens is 586 g/mol. The summed E-state index contributed by atoms with van der Waals surface area (Å²) in [6, 6.07) is 10.8. The summed E-state index contributed by atoms with van der Waals surface area (Å²) >= 11 is 0. The van der Waals surface area contributed by atoms with Crippen LogP contribution in [0.3, 0.4) is 0 Å². The molecule has 0 saturated carbocycles. The highest BCUT2D eigenvalue weighted by atomic mass is 16.6. The smallest absolute Gasteiger partial charge is 0.315 e. The summed E-state index contributed by atoms with van der Waals surface area (Å²) < 4.78 is 39.4. The maximum absolute atomic E-state index is 13.1. The zero-order valence-electron chi connectivity index (χ0n) is 25.7. The molecule has 238 valence electrons. The minimum Gasteiger partial charge on any atom is -0.493 e. The van der Waals surface area contributed by atoms with E-state index < -0.39 is 4.92 Å². The number of carbonyl (C=O) groups excluding carboxylic acids is 1. The highest BCUT2D eigenvalue weighted by molar-refractivity contribution is 6.03. The van der Waals surface area contributed by atoms with E-state index >= 15 is 0 Å². The molecule has 3 aromatic carbocycles. The van der Waals surface area contributed by atoms with E-state index in [1.165, 1.54) is 40.6 Å². The number of nitro groups is 1. The lowest BCUT2D eigenvalue weighted by Gasteiger charge is -2.20. The number of amides is 1. The zero-order valence-corrected chi connectivity index (χ0v) is 25.7. The molecule has 2 aliphatic heterocycles. The molecule has 13 nitrogen and oxygen atoms in total. The summed E-state index contributed by atoms with van der Waals surface area (Å²) in [4.78, 5) is 30.9. The van der Waals surface area contributed by atoms with Crippen molar-refractivity contribution < 1.29 is 42.9 Å². The zero-order chi connectivity index (χ0) is 32.1. The van der Waals surface area contributed by atoms with E-state index in [0.29, 0.717) is 58.7 Å². The van der Waals surface area contributed by atoms with Gasteiger partial charge in [0.2, 0.25) is 11.5 Å². The number of hydrogen-bond acceptors (Lipinski definition) is 11. The van der Waals surface area contributed by atoms with Crippen molar-refractivity contribution in [2.24, 2.45) is 4.99 Å². The van der Waals surface area contributed by atoms with E-state index in [1.54, 1.807) is 30.3 Å². The van der Waals surface area contributed by atoms with E-state index in [4.69, 9.17) is 33.2 Å². The summed E-state index contributed by atoms with van der Waals surface area (Å²) in [7, 11) is 5.92. The second-order valence-corrected chi connectivity index (χ2v) is 10.4. The molecule has 5 rings (SSSR count). The third-order valence-corrected chi connectivity index (χ3v) is 7.57. The summed E-state index contributed by atoms with van der Waals surface area (Å²) in [5, 5.41) is 11.9. The molecule has 1 fully saturated rings. The Balaban J connectivity index is 1.24. The molecule has 0 N–H and O–H groups in total. The van der Waals surface area contributed by atoms with Gasteiger partial charge in [-0.25, -0.2) is 0 Å². The maximum Gasteiger partial charge on any atom is 0.315 e. The van der Waals surface area contributed by atoms with Crippen LogP contribution in [0.2, 0.25) is 0 Å². The lowest BCUT2D eigenvalue weighted by Crippen LogP contribution is -2.35. The lowest BCUT2D eigenvalue weighted by atomic mass is 10.1. The molecule has 2 atom stereocenters. The van der Waals surface area contributed by atoms with Gasteiger partial charge in [-0.1, -0.05) is 0 Å². The Hall–Kier alpha value is -5.20. The molecule has 13 heteroatoms. The number of nitro benzene ring substituents is 1. The number of hydrogen-bond donors (Lipinski definition) is 0. The molecule has 1 unspecified atom stereocenters. The molecule has 0 spiro atoms. The van der Waals surface area contributed by atoms with Gasteiger partial charge in [-0.3, -0.25) is 19.9 Å². The number of nitrogens with zero attached hydrogens (tertiary/aromatic N) is 3. The number of rotatable bonds is 13. The van der Waals surface area contributed by atoms with Gasteiger partial charge in [0.15, 0.2) is 23.0 Å². The van der Waals surface area contributed by atoms with E-state index in [9.17, 15) is 14.9 Å². The normalized spacial score (nSPS) is 15.8. The number of benzene rings is 3. The Labute approximate surface area is 260 Å². The van der Waals surface area contributed by atoms with Crippen LogP contribution in [0, 0.1) is 10.1 Å². The van der Waals surface area contributed by atoms with Crippen LogP contribution in [-0.2, 0) is 0 Å². The van der Waals surface area contributed by atoms with E-state index in [2.05, 4.69) is 4.99 Å². The number of fused-ring (bicyclic) bond motifs is 2. The fourth-order valence-corrected chi connectivity index (χ4v) is 5.29. The van der Waals surface area contributed by atoms with Crippen molar-refractivity contribution >= 4 is 23.5 Å². The van der Waals surface area contributed by atoms with Crippen molar-refractivity contribution in [3.8, 4) is 46.0 Å². The molecule has 0 aliphatic carbocycles. The monoisotopic (exact) mass is 621 g/mol. The van der Waals surface area contributed by atoms with Crippen LogP contribution in [-0.4, -0.2) is 75.7 Å². The maximum atomic E-state index is 13.1. The van der Waals surface area contributed by atoms with E-state index in [-0.39, 0.29) is 41.8 Å². The van der Waals surface area contributed by atoms with Crippen LogP contribution < -0.4 is 33.2 Å². The third-order valence-electron chi connectivity index (χ3n) is 7.57. The number of methoxy groups -OCH3 is 4. The van der Waals surface area contributed by atoms with Crippen molar-refractivity contribution in [3.05, 3.63) is 58.1 Å². The van der Waals surface area contributed by atoms with Gasteiger partial charge in [0.25, 0.3) is 5.91 Å². The van der Waals surface area contributed by atoms with E-state index in [0.717, 1.165) is 12.8 Å². The van der Waals surface area contributed by atoms with Crippen LogP contribution >= 0.6 is 0 Å². The summed E-state index contributed by atoms with van der Waals surface area (Å²) in [5.74, 6) is 2.44. The Morgan fingerprint density at radius 1 is 0.933 bits per heavy atom. The van der Waals surface area contributed by atoms with Gasteiger partial charge in [-0.15, -0.1) is 0 Å². The molecule has 0 aromatic heterocycles. The van der Waals surface area contributed by atoms with Gasteiger partial charge in [0, 0.05) is 37.4 Å². The standard InChI is InChI=1S/C32H35N3O10/c1-19(10-12-43-28-17-24-23(16-27(28)39-2)32(36)34-11-6-7-20(34)18-33-24)44-21-8-9-26(25(13-21)35(37)38)45-22-14-29(40-3)31(42-5)30(15-22)41-4/h8-9,13-20H,6-7,10-12H2,1-5H3/t19?,20-/m0/s1. The molecule has 0 radical (unpaired) electrons. The first-order valence-electron chi connectivity index (χ1n) is 14.4. The van der Waals surface area contributed by atoms with E-state index in [1.807, 2.05) is 18.0 Å². The third kappa shape index (κ3) is 6.66. The number of aliphatic imine (C=N–C) groups is 1. The second-order valence-electron chi connectivity index (χ2n) is 10.4. The van der Waals surface area contributed by atoms with Crippen molar-refractivity contribution in [2.75, 3.05) is 41.6 Å². The Morgan fingerprint density at radius 3 is 2.33 bits per heavy atom. The Kier molecular flexibility index (Phi) is 9.45. The van der Waals surface area contributed by atoms with Crippen LogP contribution in [0.15, 0.2) is 47.5 Å². The van der Waals surface area contributed by atoms with Crippen LogP contribution in [0.25, 0.3) is 0 Å². The molecular formula is C32H35N3O10. The topological polar surface area (TPSA) is 140 Å². The number of carbonyl (C=O) groups is 1. The van der Waals surface area contributed by atoms with Gasteiger partial charge in [0.05, 0.1) is 69.4 Å². The quantitative estimate of drug-likeness (QED) is 0.165. The predicted molar refractivity (Wildman–Crippen MR) is 165 cm³/mol. The van der Waals surface area contributed by atoms with Crippen molar-refractivity contribution in [2.45, 2.75) is 38.3 Å². The lowest BCUT2D eigenvalue weighted by molar-refractivity contribution is -0.385. The first-order chi connectivity index (χ1) is 21.8. The molecule has 2 heterocycles.